The van der Waals surface area contributed by atoms with Gasteiger partial charge in [0.25, 0.3) is 0 Å². The van der Waals surface area contributed by atoms with Crippen LogP contribution < -0.4 is 0 Å². The van der Waals surface area contributed by atoms with E-state index in [0.29, 0.717) is 0 Å². The Morgan fingerprint density at radius 3 is 2.52 bits per heavy atom. The summed E-state index contributed by atoms with van der Waals surface area (Å²) in [6.45, 7) is 7.08. The lowest BCUT2D eigenvalue weighted by Gasteiger charge is -2.37. The number of benzene rings is 1. The maximum absolute atomic E-state index is 12.8. The van der Waals surface area contributed by atoms with Gasteiger partial charge < -0.3 is 10.0 Å². The van der Waals surface area contributed by atoms with E-state index < -0.39 is 5.97 Å². The second-order valence-corrected chi connectivity index (χ2v) is 6.28. The SMILES string of the molecule is CC[C@@H](C)N(CC(=O)O)C(=O)[C@@H](C)N1CCc2ccccc2C1. The first kappa shape index (κ1) is 17.5. The van der Waals surface area contributed by atoms with Crippen LogP contribution >= 0.6 is 0 Å². The fraction of sp³-hybridized carbons (Fsp3) is 0.556. The fourth-order valence-corrected chi connectivity index (χ4v) is 3.06. The molecule has 5 heteroatoms. The molecule has 5 nitrogen and oxygen atoms in total. The van der Waals surface area contributed by atoms with Crippen molar-refractivity contribution >= 4 is 11.9 Å². The lowest BCUT2D eigenvalue weighted by atomic mass is 9.98. The van der Waals surface area contributed by atoms with Crippen LogP contribution in [-0.4, -0.2) is 52.0 Å². The van der Waals surface area contributed by atoms with Crippen molar-refractivity contribution in [2.24, 2.45) is 0 Å². The van der Waals surface area contributed by atoms with Crippen LogP contribution in [0.2, 0.25) is 0 Å². The third kappa shape index (κ3) is 4.10. The minimum atomic E-state index is -0.963. The van der Waals surface area contributed by atoms with Crippen molar-refractivity contribution < 1.29 is 14.7 Å². The van der Waals surface area contributed by atoms with Crippen LogP contribution in [0.5, 0.6) is 0 Å². The third-order valence-electron chi connectivity index (χ3n) is 4.78. The van der Waals surface area contributed by atoms with Gasteiger partial charge >= 0.3 is 5.97 Å². The van der Waals surface area contributed by atoms with Crippen molar-refractivity contribution in [1.29, 1.82) is 0 Å². The van der Waals surface area contributed by atoms with Crippen molar-refractivity contribution in [3.05, 3.63) is 35.4 Å². The molecule has 1 aliphatic rings. The minimum absolute atomic E-state index is 0.0712. The van der Waals surface area contributed by atoms with Crippen molar-refractivity contribution in [3.63, 3.8) is 0 Å². The average molecular weight is 318 g/mol. The monoisotopic (exact) mass is 318 g/mol. The summed E-state index contributed by atoms with van der Waals surface area (Å²) in [5, 5.41) is 9.09. The van der Waals surface area contributed by atoms with Gasteiger partial charge in [-0.05, 0) is 37.8 Å². The molecule has 2 rings (SSSR count). The van der Waals surface area contributed by atoms with E-state index in [4.69, 9.17) is 5.11 Å². The zero-order valence-corrected chi connectivity index (χ0v) is 14.2. The molecule has 0 fully saturated rings. The molecule has 1 aliphatic heterocycles. The normalized spacial score (nSPS) is 17.2. The van der Waals surface area contributed by atoms with Gasteiger partial charge in [0.2, 0.25) is 5.91 Å². The van der Waals surface area contributed by atoms with Crippen LogP contribution in [0.1, 0.15) is 38.3 Å². The summed E-state index contributed by atoms with van der Waals surface area (Å²) < 4.78 is 0. The predicted octanol–water partition coefficient (Wildman–Crippen LogP) is 2.14. The summed E-state index contributed by atoms with van der Waals surface area (Å²) in [5.74, 6) is -1.06. The highest BCUT2D eigenvalue weighted by Crippen LogP contribution is 2.21. The lowest BCUT2D eigenvalue weighted by molar-refractivity contribution is -0.148. The molecule has 1 amide bonds. The topological polar surface area (TPSA) is 60.9 Å². The minimum Gasteiger partial charge on any atom is -0.480 e. The van der Waals surface area contributed by atoms with E-state index in [9.17, 15) is 9.59 Å². The molecular formula is C18H26N2O3. The molecule has 0 saturated heterocycles. The molecule has 0 radical (unpaired) electrons. The van der Waals surface area contributed by atoms with Crippen LogP contribution in [0.15, 0.2) is 24.3 Å². The average Bonchev–Trinajstić information content (AvgIpc) is 2.57. The molecule has 0 saturated carbocycles. The Morgan fingerprint density at radius 1 is 1.26 bits per heavy atom. The summed E-state index contributed by atoms with van der Waals surface area (Å²) in [5.41, 5.74) is 2.60. The Hall–Kier alpha value is -1.88. The molecule has 1 N–H and O–H groups in total. The molecular weight excluding hydrogens is 292 g/mol. The first-order valence-corrected chi connectivity index (χ1v) is 8.27. The van der Waals surface area contributed by atoms with Gasteiger partial charge in [0.05, 0.1) is 6.04 Å². The Morgan fingerprint density at radius 2 is 1.91 bits per heavy atom. The van der Waals surface area contributed by atoms with Gasteiger partial charge in [-0.15, -0.1) is 0 Å². The fourth-order valence-electron chi connectivity index (χ4n) is 3.06. The molecule has 23 heavy (non-hydrogen) atoms. The first-order chi connectivity index (χ1) is 10.9. The number of hydrogen-bond donors (Lipinski definition) is 1. The standard InChI is InChI=1S/C18H26N2O3/c1-4-13(2)20(12-17(21)22)18(23)14(3)19-10-9-15-7-5-6-8-16(15)11-19/h5-8,13-14H,4,9-12H2,1-3H3,(H,21,22)/t13-,14-/m1/s1. The van der Waals surface area contributed by atoms with Crippen molar-refractivity contribution in [3.8, 4) is 0 Å². The van der Waals surface area contributed by atoms with Crippen molar-refractivity contribution in [1.82, 2.24) is 9.80 Å². The van der Waals surface area contributed by atoms with E-state index in [1.807, 2.05) is 32.9 Å². The highest BCUT2D eigenvalue weighted by molar-refractivity contribution is 5.85. The second-order valence-electron chi connectivity index (χ2n) is 6.28. The molecule has 126 valence electrons. The highest BCUT2D eigenvalue weighted by Gasteiger charge is 2.31. The van der Waals surface area contributed by atoms with Gasteiger partial charge in [-0.3, -0.25) is 14.5 Å². The molecule has 2 atom stereocenters. The summed E-state index contributed by atoms with van der Waals surface area (Å²) >= 11 is 0. The Bertz CT molecular complexity index is 573. The smallest absolute Gasteiger partial charge is 0.323 e. The molecule has 0 unspecified atom stereocenters. The zero-order valence-electron chi connectivity index (χ0n) is 14.2. The summed E-state index contributed by atoms with van der Waals surface area (Å²) in [6.07, 6.45) is 1.67. The van der Waals surface area contributed by atoms with E-state index in [2.05, 4.69) is 17.0 Å². The van der Waals surface area contributed by atoms with E-state index in [1.165, 1.54) is 16.0 Å². The number of carboxylic acid groups (broad SMARTS) is 1. The molecule has 0 aromatic heterocycles. The predicted molar refractivity (Wildman–Crippen MR) is 89.1 cm³/mol. The second kappa shape index (κ2) is 7.59. The van der Waals surface area contributed by atoms with Gasteiger partial charge in [-0.1, -0.05) is 31.2 Å². The third-order valence-corrected chi connectivity index (χ3v) is 4.78. The van der Waals surface area contributed by atoms with Crippen LogP contribution in [0, 0.1) is 0 Å². The molecule has 0 aliphatic carbocycles. The van der Waals surface area contributed by atoms with Crippen LogP contribution in [-0.2, 0) is 22.6 Å². The van der Waals surface area contributed by atoms with Crippen LogP contribution in [0.25, 0.3) is 0 Å². The van der Waals surface area contributed by atoms with Crippen LogP contribution in [0.4, 0.5) is 0 Å². The number of carbonyl (C=O) groups is 2. The number of fused-ring (bicyclic) bond motifs is 1. The number of carbonyl (C=O) groups excluding carboxylic acids is 1. The zero-order chi connectivity index (χ0) is 17.0. The number of rotatable bonds is 6. The quantitative estimate of drug-likeness (QED) is 0.873. The lowest BCUT2D eigenvalue weighted by Crippen LogP contribution is -2.52. The number of nitrogens with zero attached hydrogens (tertiary/aromatic N) is 2. The highest BCUT2D eigenvalue weighted by atomic mass is 16.4. The largest absolute Gasteiger partial charge is 0.480 e. The number of carboxylic acids is 1. The number of amides is 1. The van der Waals surface area contributed by atoms with E-state index in [-0.39, 0.29) is 24.5 Å². The van der Waals surface area contributed by atoms with E-state index in [0.717, 1.165) is 25.9 Å². The molecule has 0 spiro atoms. The van der Waals surface area contributed by atoms with Gasteiger partial charge in [-0.25, -0.2) is 0 Å². The Balaban J connectivity index is 2.10. The number of aliphatic carboxylic acids is 1. The van der Waals surface area contributed by atoms with Crippen LogP contribution in [0.3, 0.4) is 0 Å². The molecule has 1 aromatic rings. The Labute approximate surface area is 137 Å². The molecule has 1 aromatic carbocycles. The molecule has 1 heterocycles. The first-order valence-electron chi connectivity index (χ1n) is 8.27. The number of hydrogen-bond acceptors (Lipinski definition) is 3. The maximum atomic E-state index is 12.8. The summed E-state index contributed by atoms with van der Waals surface area (Å²) in [4.78, 5) is 27.5. The summed E-state index contributed by atoms with van der Waals surface area (Å²) in [7, 11) is 0. The van der Waals surface area contributed by atoms with Gasteiger partial charge in [0.1, 0.15) is 6.54 Å². The van der Waals surface area contributed by atoms with Gasteiger partial charge in [-0.2, -0.15) is 0 Å². The van der Waals surface area contributed by atoms with E-state index >= 15 is 0 Å². The summed E-state index contributed by atoms with van der Waals surface area (Å²) in [6, 6.07) is 7.91. The van der Waals surface area contributed by atoms with Gasteiger partial charge in [0, 0.05) is 19.1 Å². The maximum Gasteiger partial charge on any atom is 0.323 e. The van der Waals surface area contributed by atoms with Crippen molar-refractivity contribution in [2.45, 2.75) is 52.2 Å². The van der Waals surface area contributed by atoms with Gasteiger partial charge in [0.15, 0.2) is 0 Å². The molecule has 0 bridgehead atoms. The Kier molecular flexibility index (Phi) is 5.77. The van der Waals surface area contributed by atoms with Crippen molar-refractivity contribution in [2.75, 3.05) is 13.1 Å². The van der Waals surface area contributed by atoms with E-state index in [1.54, 1.807) is 0 Å².